The highest BCUT2D eigenvalue weighted by atomic mass is 35.5. The lowest BCUT2D eigenvalue weighted by atomic mass is 10.1. The van der Waals surface area contributed by atoms with Gasteiger partial charge in [0.15, 0.2) is 5.65 Å². The van der Waals surface area contributed by atoms with Gasteiger partial charge in [-0.2, -0.15) is 4.98 Å². The fourth-order valence-corrected chi connectivity index (χ4v) is 4.43. The van der Waals surface area contributed by atoms with Crippen LogP contribution in [0.5, 0.6) is 5.75 Å². The average molecular weight is 593 g/mol. The van der Waals surface area contributed by atoms with E-state index in [0.29, 0.717) is 33.4 Å². The van der Waals surface area contributed by atoms with Crippen molar-refractivity contribution in [2.24, 2.45) is 0 Å². The van der Waals surface area contributed by atoms with Crippen molar-refractivity contribution in [2.45, 2.75) is 13.1 Å². The van der Waals surface area contributed by atoms with Gasteiger partial charge < -0.3 is 15.4 Å². The molecular formula is C29H23Cl2FN6O3. The van der Waals surface area contributed by atoms with Gasteiger partial charge in [-0.1, -0.05) is 35.3 Å². The van der Waals surface area contributed by atoms with Gasteiger partial charge in [0.05, 0.1) is 23.4 Å². The van der Waals surface area contributed by atoms with Crippen LogP contribution in [0.15, 0.2) is 77.7 Å². The molecule has 0 bridgehead atoms. The standard InChI is InChI=1S/C29H23Cl2FN6O3/c1-41-21-8-6-18(7-9-21)25-28(40)38(12-11-33-27(39)19-3-2-4-20(32)14-19)26-24(36-25)16-35-29(37-26)34-15-17-5-10-22(30)23(31)13-17/h2-10,13-14,16H,11-12,15H2,1H3,(H,33,39)(H,34,35,37). The summed E-state index contributed by atoms with van der Waals surface area (Å²) < 4.78 is 20.2. The van der Waals surface area contributed by atoms with Crippen LogP contribution >= 0.6 is 23.2 Å². The number of hydrogen-bond donors (Lipinski definition) is 2. The number of methoxy groups -OCH3 is 1. The van der Waals surface area contributed by atoms with Gasteiger partial charge in [-0.3, -0.25) is 14.2 Å². The highest BCUT2D eigenvalue weighted by Gasteiger charge is 2.16. The molecule has 1 amide bonds. The van der Waals surface area contributed by atoms with E-state index in [1.807, 2.05) is 6.07 Å². The second-order valence-corrected chi connectivity index (χ2v) is 9.73. The molecule has 2 aromatic heterocycles. The first kappa shape index (κ1) is 28.0. The zero-order valence-corrected chi connectivity index (χ0v) is 23.2. The molecule has 5 rings (SSSR count). The van der Waals surface area contributed by atoms with Gasteiger partial charge in [0, 0.05) is 30.8 Å². The lowest BCUT2D eigenvalue weighted by Gasteiger charge is -2.14. The summed E-state index contributed by atoms with van der Waals surface area (Å²) >= 11 is 12.1. The molecule has 0 saturated carbocycles. The number of hydrogen-bond acceptors (Lipinski definition) is 7. The maximum absolute atomic E-state index is 13.7. The van der Waals surface area contributed by atoms with E-state index in [0.717, 1.165) is 11.6 Å². The predicted molar refractivity (Wildman–Crippen MR) is 156 cm³/mol. The Kier molecular flexibility index (Phi) is 8.42. The fourth-order valence-electron chi connectivity index (χ4n) is 4.11. The molecule has 0 saturated heterocycles. The van der Waals surface area contributed by atoms with Crippen LogP contribution in [0.1, 0.15) is 15.9 Å². The van der Waals surface area contributed by atoms with Crippen molar-refractivity contribution in [2.75, 3.05) is 19.0 Å². The van der Waals surface area contributed by atoms with Crippen LogP contribution < -0.4 is 20.9 Å². The Hall–Kier alpha value is -4.54. The maximum atomic E-state index is 13.7. The molecule has 0 spiro atoms. The van der Waals surface area contributed by atoms with Crippen molar-refractivity contribution in [3.8, 4) is 17.0 Å². The molecule has 0 aliphatic rings. The van der Waals surface area contributed by atoms with E-state index in [-0.39, 0.29) is 35.9 Å². The van der Waals surface area contributed by atoms with Crippen molar-refractivity contribution in [1.29, 1.82) is 0 Å². The molecule has 0 aliphatic heterocycles. The Balaban J connectivity index is 1.46. The minimum absolute atomic E-state index is 0.0747. The summed E-state index contributed by atoms with van der Waals surface area (Å²) in [5, 5.41) is 6.72. The summed E-state index contributed by atoms with van der Waals surface area (Å²) in [6, 6.07) is 17.5. The Labute approximate surface area is 244 Å². The topological polar surface area (TPSA) is 111 Å². The van der Waals surface area contributed by atoms with E-state index >= 15 is 0 Å². The summed E-state index contributed by atoms with van der Waals surface area (Å²) in [5.74, 6) is -0.0870. The molecule has 41 heavy (non-hydrogen) atoms. The van der Waals surface area contributed by atoms with E-state index in [4.69, 9.17) is 27.9 Å². The van der Waals surface area contributed by atoms with Gasteiger partial charge in [-0.25, -0.2) is 14.4 Å². The lowest BCUT2D eigenvalue weighted by Crippen LogP contribution is -2.32. The molecule has 2 N–H and O–H groups in total. The quantitative estimate of drug-likeness (QED) is 0.237. The third-order valence-corrected chi connectivity index (χ3v) is 6.93. The number of rotatable bonds is 9. The summed E-state index contributed by atoms with van der Waals surface area (Å²) in [5.41, 5.74) is 2.05. The Bertz CT molecular complexity index is 1800. The van der Waals surface area contributed by atoms with Crippen molar-refractivity contribution in [1.82, 2.24) is 24.8 Å². The van der Waals surface area contributed by atoms with Crippen LogP contribution in [0.4, 0.5) is 10.3 Å². The zero-order valence-electron chi connectivity index (χ0n) is 21.7. The number of carbonyl (C=O) groups is 1. The SMILES string of the molecule is COc1ccc(-c2nc3cnc(NCc4ccc(Cl)c(Cl)c4)nc3n(CCNC(=O)c3cccc(F)c3)c2=O)cc1. The highest BCUT2D eigenvalue weighted by Crippen LogP contribution is 2.23. The van der Waals surface area contributed by atoms with Gasteiger partial charge in [0.2, 0.25) is 5.95 Å². The summed E-state index contributed by atoms with van der Waals surface area (Å²) in [4.78, 5) is 39.7. The number of nitrogens with zero attached hydrogens (tertiary/aromatic N) is 4. The van der Waals surface area contributed by atoms with E-state index in [1.54, 1.807) is 43.5 Å². The van der Waals surface area contributed by atoms with Crippen LogP contribution in [-0.2, 0) is 13.1 Å². The smallest absolute Gasteiger partial charge is 0.278 e. The number of amides is 1. The van der Waals surface area contributed by atoms with E-state index in [9.17, 15) is 14.0 Å². The summed E-state index contributed by atoms with van der Waals surface area (Å²) in [6.45, 7) is 0.505. The minimum atomic E-state index is -0.518. The Morgan fingerprint density at radius 1 is 1.02 bits per heavy atom. The van der Waals surface area contributed by atoms with Crippen molar-refractivity contribution >= 4 is 46.2 Å². The first-order chi connectivity index (χ1) is 19.8. The molecule has 12 heteroatoms. The normalized spacial score (nSPS) is 10.9. The molecule has 0 atom stereocenters. The third-order valence-electron chi connectivity index (χ3n) is 6.19. The van der Waals surface area contributed by atoms with Gasteiger partial charge in [0.1, 0.15) is 22.8 Å². The van der Waals surface area contributed by atoms with Crippen LogP contribution in [0.3, 0.4) is 0 Å². The molecule has 9 nitrogen and oxygen atoms in total. The van der Waals surface area contributed by atoms with Crippen LogP contribution in [-0.4, -0.2) is 39.1 Å². The first-order valence-electron chi connectivity index (χ1n) is 12.5. The number of anilines is 1. The van der Waals surface area contributed by atoms with Crippen molar-refractivity contribution in [3.05, 3.63) is 110 Å². The summed E-state index contributed by atoms with van der Waals surface area (Å²) in [6.07, 6.45) is 1.52. The van der Waals surface area contributed by atoms with E-state index < -0.39 is 17.3 Å². The van der Waals surface area contributed by atoms with E-state index in [2.05, 4.69) is 25.6 Å². The molecule has 0 aliphatic carbocycles. The number of halogens is 3. The Morgan fingerprint density at radius 3 is 2.56 bits per heavy atom. The number of carbonyl (C=O) groups excluding carboxylic acids is 1. The number of ether oxygens (including phenoxy) is 1. The Morgan fingerprint density at radius 2 is 1.83 bits per heavy atom. The molecule has 3 aromatic carbocycles. The molecule has 5 aromatic rings. The number of nitrogens with one attached hydrogen (secondary N) is 2. The maximum Gasteiger partial charge on any atom is 0.278 e. The first-order valence-corrected chi connectivity index (χ1v) is 13.2. The summed E-state index contributed by atoms with van der Waals surface area (Å²) in [7, 11) is 1.55. The zero-order chi connectivity index (χ0) is 28.9. The van der Waals surface area contributed by atoms with E-state index in [1.165, 1.54) is 29.0 Å². The van der Waals surface area contributed by atoms with Gasteiger partial charge in [0.25, 0.3) is 11.5 Å². The lowest BCUT2D eigenvalue weighted by molar-refractivity contribution is 0.0952. The average Bonchev–Trinajstić information content (AvgIpc) is 2.98. The third kappa shape index (κ3) is 6.45. The molecular weight excluding hydrogens is 570 g/mol. The molecule has 208 valence electrons. The van der Waals surface area contributed by atoms with Crippen molar-refractivity contribution in [3.63, 3.8) is 0 Å². The van der Waals surface area contributed by atoms with Crippen LogP contribution in [0.25, 0.3) is 22.4 Å². The number of fused-ring (bicyclic) bond motifs is 1. The fraction of sp³-hybridized carbons (Fsp3) is 0.138. The second kappa shape index (κ2) is 12.3. The van der Waals surface area contributed by atoms with Gasteiger partial charge >= 0.3 is 0 Å². The van der Waals surface area contributed by atoms with Crippen LogP contribution in [0, 0.1) is 5.82 Å². The molecule has 0 fully saturated rings. The monoisotopic (exact) mass is 592 g/mol. The van der Waals surface area contributed by atoms with Crippen molar-refractivity contribution < 1.29 is 13.9 Å². The highest BCUT2D eigenvalue weighted by molar-refractivity contribution is 6.42. The predicted octanol–water partition coefficient (Wildman–Crippen LogP) is 5.35. The van der Waals surface area contributed by atoms with Gasteiger partial charge in [-0.05, 0) is 60.2 Å². The molecule has 2 heterocycles. The second-order valence-electron chi connectivity index (χ2n) is 8.92. The number of benzene rings is 3. The molecule has 0 radical (unpaired) electrons. The van der Waals surface area contributed by atoms with Crippen LogP contribution in [0.2, 0.25) is 10.0 Å². The number of aromatic nitrogens is 4. The van der Waals surface area contributed by atoms with Gasteiger partial charge in [-0.15, -0.1) is 0 Å². The minimum Gasteiger partial charge on any atom is -0.497 e. The molecule has 0 unspecified atom stereocenters. The largest absolute Gasteiger partial charge is 0.497 e.